The van der Waals surface area contributed by atoms with Crippen LogP contribution in [0.2, 0.25) is 5.02 Å². The lowest BCUT2D eigenvalue weighted by atomic mass is 10.2. The van der Waals surface area contributed by atoms with Gasteiger partial charge in [0.2, 0.25) is 0 Å². The summed E-state index contributed by atoms with van der Waals surface area (Å²) in [5.41, 5.74) is 0.0336. The number of alkyl halides is 3. The predicted molar refractivity (Wildman–Crippen MR) is 125 cm³/mol. The summed E-state index contributed by atoms with van der Waals surface area (Å²) in [6.45, 7) is 0.104. The van der Waals surface area contributed by atoms with Gasteiger partial charge in [-0.2, -0.15) is 4.98 Å². The van der Waals surface area contributed by atoms with E-state index in [-0.39, 0.29) is 42.7 Å². The highest BCUT2D eigenvalue weighted by molar-refractivity contribution is 6.30. The molecule has 0 atom stereocenters. The van der Waals surface area contributed by atoms with Gasteiger partial charge in [0.05, 0.1) is 6.54 Å². The van der Waals surface area contributed by atoms with E-state index in [2.05, 4.69) is 9.72 Å². The van der Waals surface area contributed by atoms with Crippen molar-refractivity contribution >= 4 is 22.8 Å². The van der Waals surface area contributed by atoms with Crippen LogP contribution in [0.1, 0.15) is 5.56 Å². The third kappa shape index (κ3) is 5.48. The number of imidazole rings is 1. The van der Waals surface area contributed by atoms with E-state index in [4.69, 9.17) is 21.1 Å². The highest BCUT2D eigenvalue weighted by atomic mass is 35.5. The van der Waals surface area contributed by atoms with Crippen LogP contribution in [0.5, 0.6) is 17.5 Å². The van der Waals surface area contributed by atoms with Crippen molar-refractivity contribution in [3.8, 4) is 17.5 Å². The SMILES string of the molecule is Cn1c(=O)c2c(nc(OCCOc3cccc(OC(F)(F)F)c3)n2Cc2ccc(Cl)cc2)n(C)c1=O. The van der Waals surface area contributed by atoms with Crippen molar-refractivity contribution in [1.29, 1.82) is 0 Å². The predicted octanol–water partition coefficient (Wildman–Crippen LogP) is 3.49. The molecule has 0 saturated carbocycles. The molecule has 0 saturated heterocycles. The summed E-state index contributed by atoms with van der Waals surface area (Å²) in [4.78, 5) is 29.6. The van der Waals surface area contributed by atoms with Gasteiger partial charge < -0.3 is 14.2 Å². The van der Waals surface area contributed by atoms with Crippen molar-refractivity contribution in [3.05, 3.63) is 80.0 Å². The topological polar surface area (TPSA) is 89.5 Å². The minimum absolute atomic E-state index is 0.0451. The number of hydrogen-bond acceptors (Lipinski definition) is 6. The minimum atomic E-state index is -4.82. The number of nitrogens with zero attached hydrogens (tertiary/aromatic N) is 4. The molecule has 4 aromatic rings. The molecular formula is C23H20ClF3N4O5. The van der Waals surface area contributed by atoms with E-state index < -0.39 is 23.4 Å². The first-order valence-corrected chi connectivity index (χ1v) is 10.9. The molecule has 9 nitrogen and oxygen atoms in total. The molecule has 4 rings (SSSR count). The Morgan fingerprint density at radius 3 is 2.31 bits per heavy atom. The van der Waals surface area contributed by atoms with Gasteiger partial charge in [0.15, 0.2) is 11.2 Å². The van der Waals surface area contributed by atoms with Gasteiger partial charge in [-0.3, -0.25) is 18.5 Å². The third-order valence-electron chi connectivity index (χ3n) is 5.19. The molecule has 0 aliphatic heterocycles. The maximum Gasteiger partial charge on any atom is 0.573 e. The van der Waals surface area contributed by atoms with Crippen LogP contribution in [0.3, 0.4) is 0 Å². The summed E-state index contributed by atoms with van der Waals surface area (Å²) in [6.07, 6.45) is -4.82. The number of aryl methyl sites for hydroxylation is 1. The molecule has 0 fully saturated rings. The Hall–Kier alpha value is -3.93. The van der Waals surface area contributed by atoms with E-state index in [1.165, 1.54) is 35.4 Å². The largest absolute Gasteiger partial charge is 0.573 e. The normalized spacial score (nSPS) is 11.6. The molecule has 2 aromatic carbocycles. The average Bonchev–Trinajstić information content (AvgIpc) is 3.18. The first kappa shape index (κ1) is 25.2. The van der Waals surface area contributed by atoms with Crippen molar-refractivity contribution in [3.63, 3.8) is 0 Å². The van der Waals surface area contributed by atoms with Gasteiger partial charge >= 0.3 is 12.1 Å². The lowest BCUT2D eigenvalue weighted by Crippen LogP contribution is -2.37. The number of fused-ring (bicyclic) bond motifs is 1. The van der Waals surface area contributed by atoms with E-state index in [0.717, 1.165) is 22.3 Å². The van der Waals surface area contributed by atoms with Gasteiger partial charge in [-0.1, -0.05) is 29.8 Å². The van der Waals surface area contributed by atoms with Crippen LogP contribution in [-0.2, 0) is 20.6 Å². The Bertz CT molecular complexity index is 1510. The Morgan fingerprint density at radius 2 is 1.61 bits per heavy atom. The molecule has 0 amide bonds. The van der Waals surface area contributed by atoms with Crippen LogP contribution in [-0.4, -0.2) is 38.3 Å². The second-order valence-corrected chi connectivity index (χ2v) is 8.14. The summed E-state index contributed by atoms with van der Waals surface area (Å²) < 4.78 is 56.2. The number of benzene rings is 2. The van der Waals surface area contributed by atoms with Gasteiger partial charge in [0.25, 0.3) is 11.6 Å². The molecule has 2 heterocycles. The van der Waals surface area contributed by atoms with E-state index in [1.807, 2.05) is 0 Å². The molecule has 0 unspecified atom stereocenters. The minimum Gasteiger partial charge on any atom is -0.490 e. The summed E-state index contributed by atoms with van der Waals surface area (Å²) in [7, 11) is 2.86. The maximum absolute atomic E-state index is 12.9. The van der Waals surface area contributed by atoms with Crippen molar-refractivity contribution in [2.24, 2.45) is 14.1 Å². The lowest BCUT2D eigenvalue weighted by Gasteiger charge is -2.12. The van der Waals surface area contributed by atoms with E-state index in [0.29, 0.717) is 5.02 Å². The van der Waals surface area contributed by atoms with Gasteiger partial charge in [-0.15, -0.1) is 13.2 Å². The number of ether oxygens (including phenoxy) is 3. The molecule has 36 heavy (non-hydrogen) atoms. The zero-order valence-corrected chi connectivity index (χ0v) is 19.8. The zero-order chi connectivity index (χ0) is 26.0. The zero-order valence-electron chi connectivity index (χ0n) is 19.1. The molecule has 0 spiro atoms. The Morgan fingerprint density at radius 1 is 0.944 bits per heavy atom. The smallest absolute Gasteiger partial charge is 0.490 e. The first-order chi connectivity index (χ1) is 17.0. The fraction of sp³-hybridized carbons (Fsp3) is 0.261. The fourth-order valence-corrected chi connectivity index (χ4v) is 3.64. The molecular weight excluding hydrogens is 505 g/mol. The standard InChI is InChI=1S/C23H20ClF3N4O5/c1-29-19-18(20(32)30(2)22(29)33)31(13-14-6-8-15(24)9-7-14)21(28-19)35-11-10-34-16-4-3-5-17(12-16)36-23(25,26)27/h3-9,12H,10-11,13H2,1-2H3. The molecule has 0 aliphatic carbocycles. The second kappa shape index (κ2) is 9.97. The molecule has 0 N–H and O–H groups in total. The number of aromatic nitrogens is 4. The van der Waals surface area contributed by atoms with Crippen molar-refractivity contribution in [1.82, 2.24) is 18.7 Å². The summed E-state index contributed by atoms with van der Waals surface area (Å²) in [6, 6.07) is 12.1. The van der Waals surface area contributed by atoms with Gasteiger partial charge in [0, 0.05) is 25.2 Å². The number of halogens is 4. The van der Waals surface area contributed by atoms with E-state index in [1.54, 1.807) is 24.3 Å². The molecule has 0 bridgehead atoms. The van der Waals surface area contributed by atoms with Crippen LogP contribution in [0.4, 0.5) is 13.2 Å². The van der Waals surface area contributed by atoms with Crippen molar-refractivity contribution in [2.75, 3.05) is 13.2 Å². The molecule has 13 heteroatoms. The van der Waals surface area contributed by atoms with Gasteiger partial charge in [0.1, 0.15) is 24.7 Å². The molecule has 0 aliphatic rings. The highest BCUT2D eigenvalue weighted by Gasteiger charge is 2.31. The summed E-state index contributed by atoms with van der Waals surface area (Å²) >= 11 is 5.97. The Balaban J connectivity index is 1.57. The molecule has 0 radical (unpaired) electrons. The van der Waals surface area contributed by atoms with E-state index >= 15 is 0 Å². The Labute approximate surface area is 206 Å². The van der Waals surface area contributed by atoms with Crippen LogP contribution in [0.15, 0.2) is 58.1 Å². The van der Waals surface area contributed by atoms with Crippen LogP contribution in [0, 0.1) is 0 Å². The van der Waals surface area contributed by atoms with Gasteiger partial charge in [-0.05, 0) is 29.8 Å². The highest BCUT2D eigenvalue weighted by Crippen LogP contribution is 2.26. The lowest BCUT2D eigenvalue weighted by molar-refractivity contribution is -0.274. The average molecular weight is 525 g/mol. The van der Waals surface area contributed by atoms with Crippen LogP contribution >= 0.6 is 11.6 Å². The van der Waals surface area contributed by atoms with Crippen LogP contribution < -0.4 is 25.5 Å². The van der Waals surface area contributed by atoms with Gasteiger partial charge in [-0.25, -0.2) is 4.79 Å². The third-order valence-corrected chi connectivity index (χ3v) is 5.44. The first-order valence-electron chi connectivity index (χ1n) is 10.6. The summed E-state index contributed by atoms with van der Waals surface area (Å²) in [5.74, 6) is -0.270. The van der Waals surface area contributed by atoms with Crippen LogP contribution in [0.25, 0.3) is 11.2 Å². The number of hydrogen-bond donors (Lipinski definition) is 0. The maximum atomic E-state index is 12.9. The second-order valence-electron chi connectivity index (χ2n) is 7.70. The number of rotatable bonds is 8. The van der Waals surface area contributed by atoms with Crippen molar-refractivity contribution < 1.29 is 27.4 Å². The quantitative estimate of drug-likeness (QED) is 0.328. The fourth-order valence-electron chi connectivity index (χ4n) is 3.51. The molecule has 2 aromatic heterocycles. The monoisotopic (exact) mass is 524 g/mol. The molecule has 190 valence electrons. The Kier molecular flexibility index (Phi) is 6.97. The van der Waals surface area contributed by atoms with E-state index in [9.17, 15) is 22.8 Å². The van der Waals surface area contributed by atoms with Crippen molar-refractivity contribution in [2.45, 2.75) is 12.9 Å². The summed E-state index contributed by atoms with van der Waals surface area (Å²) in [5, 5.41) is 0.547.